The first-order valence-electron chi connectivity index (χ1n) is 6.83. The third kappa shape index (κ3) is 1.83. The Hall–Kier alpha value is -0.0800. The molecule has 0 amide bonds. The molecule has 3 rings (SSSR count). The molecule has 0 aromatic rings. The average molecular weight is 208 g/mol. The summed E-state index contributed by atoms with van der Waals surface area (Å²) in [5.41, 5.74) is 0. The van der Waals surface area contributed by atoms with E-state index < -0.39 is 0 Å². The van der Waals surface area contributed by atoms with Crippen molar-refractivity contribution < 1.29 is 0 Å². The summed E-state index contributed by atoms with van der Waals surface area (Å²) in [4.78, 5) is 5.50. The van der Waals surface area contributed by atoms with E-state index in [4.69, 9.17) is 0 Å². The molecule has 0 saturated carbocycles. The Morgan fingerprint density at radius 3 is 2.93 bits per heavy atom. The second kappa shape index (κ2) is 4.06. The number of piperidine rings is 3. The molecule has 0 N–H and O–H groups in total. The predicted octanol–water partition coefficient (Wildman–Crippen LogP) is 1.81. The molecule has 3 aliphatic heterocycles. The second-order valence-corrected chi connectivity index (χ2v) is 5.77. The van der Waals surface area contributed by atoms with Crippen LogP contribution in [0.25, 0.3) is 0 Å². The molecule has 0 spiro atoms. The molecule has 2 bridgehead atoms. The SMILES string of the molecule is CCN1C[C@H]2C[C@@H](C1)[C@@H]1CCCCN1C2. The molecule has 0 aliphatic carbocycles. The van der Waals surface area contributed by atoms with Crippen molar-refractivity contribution in [2.24, 2.45) is 11.8 Å². The molecule has 3 atom stereocenters. The van der Waals surface area contributed by atoms with Gasteiger partial charge in [-0.05, 0) is 44.2 Å². The summed E-state index contributed by atoms with van der Waals surface area (Å²) in [5, 5.41) is 0. The quantitative estimate of drug-likeness (QED) is 0.648. The number of hydrogen-bond donors (Lipinski definition) is 0. The van der Waals surface area contributed by atoms with Crippen LogP contribution in [0.3, 0.4) is 0 Å². The van der Waals surface area contributed by atoms with E-state index in [0.29, 0.717) is 0 Å². The summed E-state index contributed by atoms with van der Waals surface area (Å²) < 4.78 is 0. The van der Waals surface area contributed by atoms with Crippen LogP contribution in [0.5, 0.6) is 0 Å². The summed E-state index contributed by atoms with van der Waals surface area (Å²) in [6.45, 7) is 9.13. The minimum Gasteiger partial charge on any atom is -0.303 e. The highest BCUT2D eigenvalue weighted by Crippen LogP contribution is 2.37. The topological polar surface area (TPSA) is 6.48 Å². The molecular weight excluding hydrogens is 184 g/mol. The Bertz CT molecular complexity index is 229. The average Bonchev–Trinajstić information content (AvgIpc) is 2.28. The van der Waals surface area contributed by atoms with E-state index in [1.165, 1.54) is 58.4 Å². The fraction of sp³-hybridized carbons (Fsp3) is 1.00. The van der Waals surface area contributed by atoms with E-state index in [0.717, 1.165) is 17.9 Å². The lowest BCUT2D eigenvalue weighted by Gasteiger charge is -2.52. The van der Waals surface area contributed by atoms with Gasteiger partial charge in [-0.2, -0.15) is 0 Å². The van der Waals surface area contributed by atoms with E-state index in [9.17, 15) is 0 Å². The van der Waals surface area contributed by atoms with Gasteiger partial charge >= 0.3 is 0 Å². The van der Waals surface area contributed by atoms with Crippen LogP contribution in [0.1, 0.15) is 32.6 Å². The van der Waals surface area contributed by atoms with E-state index >= 15 is 0 Å². The van der Waals surface area contributed by atoms with Crippen LogP contribution in [0.4, 0.5) is 0 Å². The number of nitrogens with zero attached hydrogens (tertiary/aromatic N) is 2. The fourth-order valence-electron chi connectivity index (χ4n) is 4.13. The Balaban J connectivity index is 1.73. The lowest BCUT2D eigenvalue weighted by atomic mass is 9.76. The van der Waals surface area contributed by atoms with E-state index in [1.54, 1.807) is 0 Å². The van der Waals surface area contributed by atoms with Crippen molar-refractivity contribution in [1.29, 1.82) is 0 Å². The summed E-state index contributed by atoms with van der Waals surface area (Å²) in [5.74, 6) is 1.98. The Morgan fingerprint density at radius 2 is 2.07 bits per heavy atom. The summed E-state index contributed by atoms with van der Waals surface area (Å²) in [7, 11) is 0. The Kier molecular flexibility index (Phi) is 2.73. The summed E-state index contributed by atoms with van der Waals surface area (Å²) >= 11 is 0. The van der Waals surface area contributed by atoms with Crippen LogP contribution in [-0.2, 0) is 0 Å². The van der Waals surface area contributed by atoms with Gasteiger partial charge < -0.3 is 4.90 Å². The first kappa shape index (κ1) is 10.1. The van der Waals surface area contributed by atoms with Gasteiger partial charge in [0, 0.05) is 25.7 Å². The standard InChI is InChI=1S/C13H24N2/c1-2-14-8-11-7-12(10-14)13-5-3-4-6-15(13)9-11/h11-13H,2-10H2,1H3/t11-,12+,13+/m1/s1. The predicted molar refractivity (Wildman–Crippen MR) is 62.9 cm³/mol. The van der Waals surface area contributed by atoms with Crippen LogP contribution in [-0.4, -0.2) is 48.6 Å². The van der Waals surface area contributed by atoms with Gasteiger partial charge in [-0.25, -0.2) is 0 Å². The molecule has 0 aromatic heterocycles. The van der Waals surface area contributed by atoms with Crippen molar-refractivity contribution in [1.82, 2.24) is 9.80 Å². The van der Waals surface area contributed by atoms with Gasteiger partial charge in [-0.1, -0.05) is 13.3 Å². The lowest BCUT2D eigenvalue weighted by molar-refractivity contribution is -0.0287. The van der Waals surface area contributed by atoms with Crippen molar-refractivity contribution in [3.05, 3.63) is 0 Å². The van der Waals surface area contributed by atoms with Crippen molar-refractivity contribution in [3.63, 3.8) is 0 Å². The van der Waals surface area contributed by atoms with Crippen LogP contribution >= 0.6 is 0 Å². The zero-order valence-corrected chi connectivity index (χ0v) is 9.99. The molecular formula is C13H24N2. The van der Waals surface area contributed by atoms with Crippen molar-refractivity contribution in [2.75, 3.05) is 32.7 Å². The molecule has 2 nitrogen and oxygen atoms in total. The largest absolute Gasteiger partial charge is 0.303 e. The third-order valence-corrected chi connectivity index (χ3v) is 4.79. The number of fused-ring (bicyclic) bond motifs is 4. The third-order valence-electron chi connectivity index (χ3n) is 4.79. The maximum Gasteiger partial charge on any atom is 0.0136 e. The zero-order chi connectivity index (χ0) is 10.3. The zero-order valence-electron chi connectivity index (χ0n) is 9.99. The van der Waals surface area contributed by atoms with Crippen LogP contribution in [0.2, 0.25) is 0 Å². The molecule has 3 aliphatic rings. The first-order valence-corrected chi connectivity index (χ1v) is 6.83. The highest BCUT2D eigenvalue weighted by Gasteiger charge is 2.40. The molecule has 15 heavy (non-hydrogen) atoms. The first-order chi connectivity index (χ1) is 7.36. The Labute approximate surface area is 93.6 Å². The molecule has 86 valence electrons. The summed E-state index contributed by atoms with van der Waals surface area (Å²) in [6, 6.07) is 0.948. The van der Waals surface area contributed by atoms with Gasteiger partial charge in [-0.15, -0.1) is 0 Å². The van der Waals surface area contributed by atoms with Gasteiger partial charge in [0.05, 0.1) is 0 Å². The van der Waals surface area contributed by atoms with Crippen molar-refractivity contribution in [3.8, 4) is 0 Å². The molecule has 0 radical (unpaired) electrons. The van der Waals surface area contributed by atoms with Crippen molar-refractivity contribution >= 4 is 0 Å². The molecule has 3 heterocycles. The van der Waals surface area contributed by atoms with Crippen LogP contribution in [0, 0.1) is 11.8 Å². The maximum absolute atomic E-state index is 2.81. The number of rotatable bonds is 1. The van der Waals surface area contributed by atoms with Crippen LogP contribution < -0.4 is 0 Å². The van der Waals surface area contributed by atoms with E-state index in [2.05, 4.69) is 16.7 Å². The lowest BCUT2D eigenvalue weighted by Crippen LogP contribution is -2.58. The van der Waals surface area contributed by atoms with Gasteiger partial charge in [0.2, 0.25) is 0 Å². The van der Waals surface area contributed by atoms with Crippen LogP contribution in [0.15, 0.2) is 0 Å². The maximum atomic E-state index is 2.81. The van der Waals surface area contributed by atoms with E-state index in [-0.39, 0.29) is 0 Å². The monoisotopic (exact) mass is 208 g/mol. The van der Waals surface area contributed by atoms with Gasteiger partial charge in [0.1, 0.15) is 0 Å². The van der Waals surface area contributed by atoms with Crippen molar-refractivity contribution in [2.45, 2.75) is 38.6 Å². The fourth-order valence-corrected chi connectivity index (χ4v) is 4.13. The normalized spacial score (nSPS) is 42.6. The minimum atomic E-state index is 0.948. The second-order valence-electron chi connectivity index (χ2n) is 5.77. The summed E-state index contributed by atoms with van der Waals surface area (Å²) in [6.07, 6.45) is 5.94. The van der Waals surface area contributed by atoms with Gasteiger partial charge in [-0.3, -0.25) is 4.90 Å². The van der Waals surface area contributed by atoms with E-state index in [1.807, 2.05) is 0 Å². The Morgan fingerprint density at radius 1 is 1.13 bits per heavy atom. The molecule has 3 fully saturated rings. The highest BCUT2D eigenvalue weighted by atomic mass is 15.2. The van der Waals surface area contributed by atoms with Gasteiger partial charge in [0.25, 0.3) is 0 Å². The number of hydrogen-bond acceptors (Lipinski definition) is 2. The minimum absolute atomic E-state index is 0.948. The molecule has 0 unspecified atom stereocenters. The molecule has 3 saturated heterocycles. The smallest absolute Gasteiger partial charge is 0.0136 e. The molecule has 2 heteroatoms. The molecule has 0 aromatic carbocycles. The number of likely N-dealkylation sites (tertiary alicyclic amines) is 1. The van der Waals surface area contributed by atoms with Gasteiger partial charge in [0.15, 0.2) is 0 Å². The highest BCUT2D eigenvalue weighted by molar-refractivity contribution is 4.95.